The molecule has 1 aliphatic carbocycles. The molecule has 2 saturated heterocycles. The fourth-order valence-corrected chi connectivity index (χ4v) is 6.77. The summed E-state index contributed by atoms with van der Waals surface area (Å²) in [4.78, 5) is 43.1. The molecule has 7 nitrogen and oxygen atoms in total. The first kappa shape index (κ1) is 24.4. The number of anilines is 1. The summed E-state index contributed by atoms with van der Waals surface area (Å²) in [6, 6.07) is 16.2. The lowest BCUT2D eigenvalue weighted by Crippen LogP contribution is -2.56. The number of hydrogen-bond acceptors (Lipinski definition) is 4. The molecule has 2 bridgehead atoms. The van der Waals surface area contributed by atoms with Gasteiger partial charge >= 0.3 is 0 Å². The van der Waals surface area contributed by atoms with Gasteiger partial charge in [-0.05, 0) is 42.7 Å². The van der Waals surface area contributed by atoms with Gasteiger partial charge in [0.25, 0.3) is 0 Å². The Bertz CT molecular complexity index is 1230. The molecule has 0 radical (unpaired) electrons. The smallest absolute Gasteiger partial charge is 0.246 e. The maximum atomic E-state index is 14.0. The van der Waals surface area contributed by atoms with E-state index >= 15 is 0 Å². The van der Waals surface area contributed by atoms with Gasteiger partial charge in [0.05, 0.1) is 17.9 Å². The second kappa shape index (κ2) is 9.72. The van der Waals surface area contributed by atoms with Gasteiger partial charge in [-0.25, -0.2) is 0 Å². The number of benzene rings is 2. The van der Waals surface area contributed by atoms with E-state index < -0.39 is 29.6 Å². The summed E-state index contributed by atoms with van der Waals surface area (Å²) in [5.41, 5.74) is 0.418. The summed E-state index contributed by atoms with van der Waals surface area (Å²) in [5.74, 6) is -2.16. The number of carbonyl (C=O) groups excluding carboxylic acids is 3. The first-order valence-corrected chi connectivity index (χ1v) is 13.8. The highest BCUT2D eigenvalue weighted by molar-refractivity contribution is 9.10. The number of rotatable bonds is 6. The van der Waals surface area contributed by atoms with Crippen LogP contribution in [0.25, 0.3) is 0 Å². The SMILES string of the molecule is O=C(Nc1ccc(Br)cc1)C1C2C=CC3(O2)C1C(=O)N(Cc1ccccc1)C3C(=O)NC1CCCCC1. The van der Waals surface area contributed by atoms with Gasteiger partial charge in [-0.3, -0.25) is 14.4 Å². The normalized spacial score (nSPS) is 30.4. The third-order valence-electron chi connectivity index (χ3n) is 8.18. The third-order valence-corrected chi connectivity index (χ3v) is 8.71. The van der Waals surface area contributed by atoms with Gasteiger partial charge in [-0.2, -0.15) is 0 Å². The van der Waals surface area contributed by atoms with Crippen molar-refractivity contribution in [2.45, 2.75) is 62.4 Å². The highest BCUT2D eigenvalue weighted by Gasteiger charge is 2.72. The predicted molar refractivity (Wildman–Crippen MR) is 142 cm³/mol. The summed E-state index contributed by atoms with van der Waals surface area (Å²) in [5, 5.41) is 6.18. The van der Waals surface area contributed by atoms with E-state index in [0.717, 1.165) is 35.7 Å². The molecule has 8 heteroatoms. The number of ether oxygens (including phenoxy) is 1. The maximum absolute atomic E-state index is 14.0. The summed E-state index contributed by atoms with van der Waals surface area (Å²) in [6.07, 6.45) is 8.41. The summed E-state index contributed by atoms with van der Waals surface area (Å²) in [6.45, 7) is 0.281. The van der Waals surface area contributed by atoms with Crippen molar-refractivity contribution in [2.24, 2.45) is 11.8 Å². The van der Waals surface area contributed by atoms with E-state index in [-0.39, 0.29) is 30.3 Å². The average molecular weight is 564 g/mol. The highest BCUT2D eigenvalue weighted by atomic mass is 79.9. The zero-order valence-electron chi connectivity index (χ0n) is 20.4. The second-order valence-corrected chi connectivity index (χ2v) is 11.4. The van der Waals surface area contributed by atoms with E-state index in [0.29, 0.717) is 5.69 Å². The zero-order valence-corrected chi connectivity index (χ0v) is 22.0. The van der Waals surface area contributed by atoms with Crippen LogP contribution >= 0.6 is 15.9 Å². The molecular formula is C29H30BrN3O4. The van der Waals surface area contributed by atoms with Crippen molar-refractivity contribution >= 4 is 39.3 Å². The van der Waals surface area contributed by atoms with Crippen LogP contribution in [0.5, 0.6) is 0 Å². The molecule has 2 aromatic carbocycles. The molecule has 3 fully saturated rings. The summed E-state index contributed by atoms with van der Waals surface area (Å²) < 4.78 is 7.34. The van der Waals surface area contributed by atoms with Crippen LogP contribution in [0, 0.1) is 11.8 Å². The van der Waals surface area contributed by atoms with Gasteiger partial charge in [0, 0.05) is 22.7 Å². The summed E-state index contributed by atoms with van der Waals surface area (Å²) >= 11 is 3.41. The van der Waals surface area contributed by atoms with Crippen LogP contribution in [-0.4, -0.2) is 46.4 Å². The Labute approximate surface area is 224 Å². The molecule has 0 aromatic heterocycles. The lowest BCUT2D eigenvalue weighted by Gasteiger charge is -2.34. The van der Waals surface area contributed by atoms with Crippen LogP contribution in [0.3, 0.4) is 0 Å². The van der Waals surface area contributed by atoms with Crippen LogP contribution in [0.1, 0.15) is 37.7 Å². The first-order chi connectivity index (χ1) is 18.0. The van der Waals surface area contributed by atoms with Crippen molar-refractivity contribution in [2.75, 3.05) is 5.32 Å². The van der Waals surface area contributed by atoms with E-state index in [1.807, 2.05) is 54.6 Å². The van der Waals surface area contributed by atoms with E-state index in [9.17, 15) is 14.4 Å². The molecule has 5 unspecified atom stereocenters. The summed E-state index contributed by atoms with van der Waals surface area (Å²) in [7, 11) is 0. The van der Waals surface area contributed by atoms with E-state index in [2.05, 4.69) is 26.6 Å². The van der Waals surface area contributed by atoms with Gasteiger partial charge < -0.3 is 20.3 Å². The van der Waals surface area contributed by atoms with Crippen LogP contribution < -0.4 is 10.6 Å². The maximum Gasteiger partial charge on any atom is 0.246 e. The Kier molecular flexibility index (Phi) is 6.41. The predicted octanol–water partition coefficient (Wildman–Crippen LogP) is 4.19. The Morgan fingerprint density at radius 1 is 1.00 bits per heavy atom. The Balaban J connectivity index is 1.32. The van der Waals surface area contributed by atoms with Crippen molar-refractivity contribution in [3.8, 4) is 0 Å². The number of hydrogen-bond donors (Lipinski definition) is 2. The molecule has 192 valence electrons. The minimum atomic E-state index is -1.16. The fraction of sp³-hybridized carbons (Fsp3) is 0.414. The molecule has 2 aromatic rings. The van der Waals surface area contributed by atoms with Crippen molar-refractivity contribution < 1.29 is 19.1 Å². The number of amides is 3. The van der Waals surface area contributed by atoms with Crippen LogP contribution in [-0.2, 0) is 25.7 Å². The largest absolute Gasteiger partial charge is 0.359 e. The number of carbonyl (C=O) groups is 3. The second-order valence-electron chi connectivity index (χ2n) is 10.5. The highest BCUT2D eigenvalue weighted by Crippen LogP contribution is 2.55. The minimum Gasteiger partial charge on any atom is -0.359 e. The van der Waals surface area contributed by atoms with Crippen LogP contribution in [0.4, 0.5) is 5.69 Å². The Morgan fingerprint density at radius 2 is 1.73 bits per heavy atom. The molecule has 3 aliphatic heterocycles. The molecule has 1 spiro atoms. The molecule has 5 atom stereocenters. The van der Waals surface area contributed by atoms with E-state index in [1.165, 1.54) is 6.42 Å². The number of likely N-dealkylation sites (tertiary alicyclic amines) is 1. The molecule has 1 saturated carbocycles. The van der Waals surface area contributed by atoms with Crippen molar-refractivity contribution in [3.63, 3.8) is 0 Å². The fourth-order valence-electron chi connectivity index (χ4n) is 6.50. The topological polar surface area (TPSA) is 87.7 Å². The minimum absolute atomic E-state index is 0.101. The molecular weight excluding hydrogens is 534 g/mol. The lowest BCUT2D eigenvalue weighted by molar-refractivity contribution is -0.142. The van der Waals surface area contributed by atoms with E-state index in [1.54, 1.807) is 17.0 Å². The average Bonchev–Trinajstić information content (AvgIpc) is 3.54. The Hall–Kier alpha value is -2.97. The number of nitrogens with zero attached hydrogens (tertiary/aromatic N) is 1. The number of fused-ring (bicyclic) bond motifs is 1. The number of halogens is 1. The third kappa shape index (κ3) is 4.30. The molecule has 2 N–H and O–H groups in total. The van der Waals surface area contributed by atoms with Crippen molar-refractivity contribution in [1.29, 1.82) is 0 Å². The van der Waals surface area contributed by atoms with Gasteiger partial charge in [0.1, 0.15) is 11.6 Å². The first-order valence-electron chi connectivity index (χ1n) is 13.0. The zero-order chi connectivity index (χ0) is 25.6. The Morgan fingerprint density at radius 3 is 2.46 bits per heavy atom. The molecule has 3 amide bonds. The monoisotopic (exact) mass is 563 g/mol. The van der Waals surface area contributed by atoms with Gasteiger partial charge in [0.2, 0.25) is 17.7 Å². The number of nitrogens with one attached hydrogen (secondary N) is 2. The van der Waals surface area contributed by atoms with E-state index in [4.69, 9.17) is 4.74 Å². The lowest BCUT2D eigenvalue weighted by atomic mass is 9.74. The molecule has 37 heavy (non-hydrogen) atoms. The van der Waals surface area contributed by atoms with Crippen LogP contribution in [0.2, 0.25) is 0 Å². The van der Waals surface area contributed by atoms with Crippen molar-refractivity contribution in [1.82, 2.24) is 10.2 Å². The van der Waals surface area contributed by atoms with Gasteiger partial charge in [-0.15, -0.1) is 0 Å². The standard InChI is InChI=1S/C29H30BrN3O4/c30-19-11-13-21(14-12-19)31-26(34)23-22-15-16-29(37-22)24(23)28(36)33(17-18-7-3-1-4-8-18)25(29)27(35)32-20-9-5-2-6-10-20/h1,3-4,7-8,11-16,20,22-25H,2,5-6,9-10,17H2,(H,31,34)(H,32,35). The van der Waals surface area contributed by atoms with Crippen molar-refractivity contribution in [3.05, 3.63) is 76.8 Å². The quantitative estimate of drug-likeness (QED) is 0.516. The molecule has 4 aliphatic rings. The van der Waals surface area contributed by atoms with Crippen LogP contribution in [0.15, 0.2) is 71.2 Å². The molecule has 3 heterocycles. The van der Waals surface area contributed by atoms with Gasteiger partial charge in [0.15, 0.2) is 0 Å². The van der Waals surface area contributed by atoms with Gasteiger partial charge in [-0.1, -0.05) is 77.7 Å². The molecule has 6 rings (SSSR count).